The van der Waals surface area contributed by atoms with E-state index in [1.165, 1.54) is 0 Å². The first-order valence-corrected chi connectivity index (χ1v) is 4.83. The monoisotopic (exact) mass is 207 g/mol. The second-order valence-electron chi connectivity index (χ2n) is 3.24. The van der Waals surface area contributed by atoms with E-state index in [4.69, 9.17) is 9.84 Å². The van der Waals surface area contributed by atoms with E-state index in [2.05, 4.69) is 10.2 Å². The number of ether oxygens (including phenoxy) is 1. The van der Waals surface area contributed by atoms with Gasteiger partial charge in [-0.1, -0.05) is 0 Å². The smallest absolute Gasteiger partial charge is 0.161 e. The molecule has 1 N–H and O–H groups in total. The number of nitrogens with zero attached hydrogens (tertiary/aromatic N) is 3. The van der Waals surface area contributed by atoms with Crippen molar-refractivity contribution in [1.82, 2.24) is 14.6 Å². The topological polar surface area (TPSA) is 59.7 Å². The number of pyridine rings is 1. The maximum atomic E-state index is 8.76. The number of aliphatic hydroxyl groups is 1. The van der Waals surface area contributed by atoms with E-state index in [1.54, 1.807) is 7.11 Å². The van der Waals surface area contributed by atoms with E-state index in [-0.39, 0.29) is 6.61 Å². The molecule has 15 heavy (non-hydrogen) atoms. The lowest BCUT2D eigenvalue weighted by Crippen LogP contribution is -1.97. The maximum Gasteiger partial charge on any atom is 0.161 e. The van der Waals surface area contributed by atoms with Gasteiger partial charge in [0.1, 0.15) is 11.6 Å². The molecule has 0 unspecified atom stereocenters. The third kappa shape index (κ3) is 1.92. The van der Waals surface area contributed by atoms with Gasteiger partial charge >= 0.3 is 0 Å². The molecule has 0 amide bonds. The van der Waals surface area contributed by atoms with Gasteiger partial charge in [0, 0.05) is 13.0 Å². The Labute approximate surface area is 87.3 Å². The van der Waals surface area contributed by atoms with Crippen LogP contribution in [0.25, 0.3) is 5.65 Å². The summed E-state index contributed by atoms with van der Waals surface area (Å²) in [4.78, 5) is 0. The van der Waals surface area contributed by atoms with Gasteiger partial charge in [0.15, 0.2) is 5.65 Å². The first-order valence-electron chi connectivity index (χ1n) is 4.83. The zero-order valence-corrected chi connectivity index (χ0v) is 8.55. The summed E-state index contributed by atoms with van der Waals surface area (Å²) in [7, 11) is 1.62. The van der Waals surface area contributed by atoms with Gasteiger partial charge in [0.05, 0.1) is 13.3 Å². The number of methoxy groups -OCH3 is 1. The molecule has 2 heterocycles. The van der Waals surface area contributed by atoms with Gasteiger partial charge in [-0.15, -0.1) is 10.2 Å². The Bertz CT molecular complexity index is 453. The Kier molecular flexibility index (Phi) is 2.82. The van der Waals surface area contributed by atoms with Crippen molar-refractivity contribution in [3.63, 3.8) is 0 Å². The van der Waals surface area contributed by atoms with Crippen molar-refractivity contribution in [1.29, 1.82) is 0 Å². The van der Waals surface area contributed by atoms with Crippen LogP contribution in [0, 0.1) is 0 Å². The predicted octanol–water partition coefficient (Wildman–Crippen LogP) is 0.663. The minimum Gasteiger partial charge on any atom is -0.495 e. The predicted molar refractivity (Wildman–Crippen MR) is 54.9 cm³/mol. The summed E-state index contributed by atoms with van der Waals surface area (Å²) in [5.74, 6) is 1.62. The number of hydrogen-bond donors (Lipinski definition) is 1. The molecule has 2 rings (SSSR count). The van der Waals surface area contributed by atoms with Crippen molar-refractivity contribution in [3.05, 3.63) is 24.2 Å². The third-order valence-electron chi connectivity index (χ3n) is 2.24. The maximum absolute atomic E-state index is 8.76. The van der Waals surface area contributed by atoms with Crippen LogP contribution in [0.3, 0.4) is 0 Å². The summed E-state index contributed by atoms with van der Waals surface area (Å²) in [6.07, 6.45) is 3.25. The van der Waals surface area contributed by atoms with E-state index in [0.717, 1.165) is 17.2 Å². The Balaban J connectivity index is 2.38. The summed E-state index contributed by atoms with van der Waals surface area (Å²) < 4.78 is 7.01. The number of aryl methyl sites for hydroxylation is 1. The Morgan fingerprint density at radius 2 is 2.27 bits per heavy atom. The van der Waals surface area contributed by atoms with Crippen LogP contribution in [-0.4, -0.2) is 33.4 Å². The van der Waals surface area contributed by atoms with Crippen molar-refractivity contribution in [2.75, 3.05) is 13.7 Å². The highest BCUT2D eigenvalue weighted by Gasteiger charge is 2.05. The normalized spacial score (nSPS) is 10.8. The highest BCUT2D eigenvalue weighted by atomic mass is 16.5. The van der Waals surface area contributed by atoms with Crippen molar-refractivity contribution >= 4 is 5.65 Å². The first kappa shape index (κ1) is 9.92. The van der Waals surface area contributed by atoms with E-state index in [0.29, 0.717) is 12.8 Å². The van der Waals surface area contributed by atoms with Crippen LogP contribution < -0.4 is 4.74 Å². The van der Waals surface area contributed by atoms with Crippen LogP contribution in [0.4, 0.5) is 0 Å². The molecule has 0 aliphatic carbocycles. The lowest BCUT2D eigenvalue weighted by molar-refractivity contribution is 0.287. The SMILES string of the molecule is COc1ccc2nnc(CCCO)n2c1. The molecule has 0 radical (unpaired) electrons. The van der Waals surface area contributed by atoms with Crippen molar-refractivity contribution < 1.29 is 9.84 Å². The standard InChI is InChI=1S/C10H13N3O2/c1-15-8-4-5-10-12-11-9(3-2-6-14)13(10)7-8/h4-5,7,14H,2-3,6H2,1H3. The highest BCUT2D eigenvalue weighted by Crippen LogP contribution is 2.13. The molecule has 0 saturated heterocycles. The molecule has 0 aliphatic rings. The van der Waals surface area contributed by atoms with Crippen LogP contribution in [0.5, 0.6) is 5.75 Å². The molecular weight excluding hydrogens is 194 g/mol. The molecular formula is C10H13N3O2. The summed E-state index contributed by atoms with van der Waals surface area (Å²) >= 11 is 0. The van der Waals surface area contributed by atoms with Crippen molar-refractivity contribution in [2.45, 2.75) is 12.8 Å². The molecule has 5 nitrogen and oxygen atoms in total. The van der Waals surface area contributed by atoms with Crippen LogP contribution in [0.2, 0.25) is 0 Å². The molecule has 0 atom stereocenters. The largest absolute Gasteiger partial charge is 0.495 e. The van der Waals surface area contributed by atoms with E-state index < -0.39 is 0 Å². The minimum atomic E-state index is 0.166. The van der Waals surface area contributed by atoms with Crippen molar-refractivity contribution in [2.24, 2.45) is 0 Å². The summed E-state index contributed by atoms with van der Waals surface area (Å²) in [5, 5.41) is 16.8. The lowest BCUT2D eigenvalue weighted by Gasteiger charge is -2.01. The summed E-state index contributed by atoms with van der Waals surface area (Å²) in [5.41, 5.74) is 0.795. The third-order valence-corrected chi connectivity index (χ3v) is 2.24. The fraction of sp³-hybridized carbons (Fsp3) is 0.400. The van der Waals surface area contributed by atoms with Crippen LogP contribution in [0.15, 0.2) is 18.3 Å². The second kappa shape index (κ2) is 4.27. The molecule has 2 aromatic rings. The quantitative estimate of drug-likeness (QED) is 0.800. The number of aliphatic hydroxyl groups excluding tert-OH is 1. The average Bonchev–Trinajstić information content (AvgIpc) is 2.68. The number of aromatic nitrogens is 3. The van der Waals surface area contributed by atoms with Gasteiger partial charge in [0.2, 0.25) is 0 Å². The molecule has 0 aliphatic heterocycles. The average molecular weight is 207 g/mol. The van der Waals surface area contributed by atoms with Crippen LogP contribution in [-0.2, 0) is 6.42 Å². The van der Waals surface area contributed by atoms with Gasteiger partial charge in [-0.3, -0.25) is 4.40 Å². The molecule has 0 aromatic carbocycles. The molecule has 0 saturated carbocycles. The second-order valence-corrected chi connectivity index (χ2v) is 3.24. The lowest BCUT2D eigenvalue weighted by atomic mass is 10.3. The van der Waals surface area contributed by atoms with Gasteiger partial charge < -0.3 is 9.84 Å². The molecule has 80 valence electrons. The Morgan fingerprint density at radius 3 is 3.00 bits per heavy atom. The molecule has 2 aromatic heterocycles. The molecule has 0 fully saturated rings. The zero-order chi connectivity index (χ0) is 10.7. The van der Waals surface area contributed by atoms with E-state index in [9.17, 15) is 0 Å². The zero-order valence-electron chi connectivity index (χ0n) is 8.55. The first-order chi connectivity index (χ1) is 7.35. The molecule has 0 bridgehead atoms. The van der Waals surface area contributed by atoms with Crippen LogP contribution in [0.1, 0.15) is 12.2 Å². The fourth-order valence-corrected chi connectivity index (χ4v) is 1.45. The van der Waals surface area contributed by atoms with E-state index in [1.807, 2.05) is 22.7 Å². The van der Waals surface area contributed by atoms with E-state index >= 15 is 0 Å². The summed E-state index contributed by atoms with van der Waals surface area (Å²) in [6, 6.07) is 3.70. The number of fused-ring (bicyclic) bond motifs is 1. The highest BCUT2D eigenvalue weighted by molar-refractivity contribution is 5.41. The fourth-order valence-electron chi connectivity index (χ4n) is 1.45. The van der Waals surface area contributed by atoms with Gasteiger partial charge in [-0.25, -0.2) is 0 Å². The van der Waals surface area contributed by atoms with Crippen LogP contribution >= 0.6 is 0 Å². The number of rotatable bonds is 4. The van der Waals surface area contributed by atoms with Gasteiger partial charge in [-0.05, 0) is 18.6 Å². The molecule has 5 heteroatoms. The van der Waals surface area contributed by atoms with Gasteiger partial charge in [0.25, 0.3) is 0 Å². The number of hydrogen-bond acceptors (Lipinski definition) is 4. The minimum absolute atomic E-state index is 0.166. The summed E-state index contributed by atoms with van der Waals surface area (Å²) in [6.45, 7) is 0.166. The molecule has 0 spiro atoms. The van der Waals surface area contributed by atoms with Gasteiger partial charge in [-0.2, -0.15) is 0 Å². The Morgan fingerprint density at radius 1 is 1.40 bits per heavy atom. The Hall–Kier alpha value is -1.62. The van der Waals surface area contributed by atoms with Crippen molar-refractivity contribution in [3.8, 4) is 5.75 Å².